The van der Waals surface area contributed by atoms with Crippen molar-refractivity contribution in [2.24, 2.45) is 62.1 Å². The van der Waals surface area contributed by atoms with E-state index in [1.807, 2.05) is 13.8 Å². The van der Waals surface area contributed by atoms with Crippen LogP contribution < -0.4 is 0 Å². The van der Waals surface area contributed by atoms with Crippen molar-refractivity contribution >= 4 is 91.8 Å². The van der Waals surface area contributed by atoms with Crippen LogP contribution in [0.3, 0.4) is 0 Å². The zero-order valence-electron chi connectivity index (χ0n) is 39.9. The van der Waals surface area contributed by atoms with Gasteiger partial charge in [0.15, 0.2) is 17.4 Å². The average molecular weight is 1370 g/mol. The number of halogens is 2. The molecule has 2 spiro atoms. The molecule has 380 valence electrons. The number of ketones is 4. The third-order valence-electron chi connectivity index (χ3n) is 18.4. The number of aliphatic hydroxyl groups excluding tert-OH is 1. The first-order valence-electron chi connectivity index (χ1n) is 23.5. The molecule has 12 atom stereocenters. The van der Waals surface area contributed by atoms with Crippen molar-refractivity contribution in [1.29, 1.82) is 0 Å². The van der Waals surface area contributed by atoms with Crippen molar-refractivity contribution in [2.45, 2.75) is 151 Å². The van der Waals surface area contributed by atoms with E-state index < -0.39 is 38.6 Å². The molecule has 0 aromatic carbocycles. The fourth-order valence-electron chi connectivity index (χ4n) is 14.3. The molecule has 0 amide bonds. The summed E-state index contributed by atoms with van der Waals surface area (Å²) in [5.41, 5.74) is -2.75. The molecule has 3 saturated heterocycles. The van der Waals surface area contributed by atoms with Gasteiger partial charge < -0.3 is 28.8 Å². The monoisotopic (exact) mass is 1370 g/mol. The summed E-state index contributed by atoms with van der Waals surface area (Å²) in [5.74, 6) is -0.819. The summed E-state index contributed by atoms with van der Waals surface area (Å²) in [6, 6.07) is 0. The second-order valence-electron chi connectivity index (χ2n) is 21.1. The van der Waals surface area contributed by atoms with Gasteiger partial charge in [-0.15, -0.1) is 13.2 Å². The summed E-state index contributed by atoms with van der Waals surface area (Å²) in [7, 11) is 2.34. The number of ether oxygens (including phenoxy) is 5. The van der Waals surface area contributed by atoms with E-state index in [0.29, 0.717) is 32.0 Å². The molecule has 3 unspecified atom stereocenters. The molecule has 0 aromatic rings. The van der Waals surface area contributed by atoms with Gasteiger partial charge in [0.1, 0.15) is 17.3 Å². The van der Waals surface area contributed by atoms with Gasteiger partial charge in [-0.3, -0.25) is 19.2 Å². The molecule has 17 heteroatoms. The molecule has 9 fully saturated rings. The Morgan fingerprint density at radius 3 is 1.63 bits per heavy atom. The van der Waals surface area contributed by atoms with Crippen LogP contribution in [0.4, 0.5) is 0 Å². The number of hydrogen-bond donors (Lipinski definition) is 1. The molecule has 4 bridgehead atoms. The van der Waals surface area contributed by atoms with Crippen molar-refractivity contribution in [3.63, 3.8) is 0 Å². The van der Waals surface area contributed by atoms with Gasteiger partial charge in [0.05, 0.1) is 50.0 Å². The van der Waals surface area contributed by atoms with E-state index in [1.54, 1.807) is 12.2 Å². The fourth-order valence-corrected chi connectivity index (χ4v) is 14.3. The van der Waals surface area contributed by atoms with Crippen LogP contribution in [0.1, 0.15) is 133 Å². The first-order chi connectivity index (χ1) is 31.1. The van der Waals surface area contributed by atoms with Crippen molar-refractivity contribution in [2.75, 3.05) is 39.6 Å². The number of carbonyl (C=O) groups excluding carboxylic acids is 4. The van der Waals surface area contributed by atoms with E-state index >= 15 is 0 Å². The standard InChI is InChI=1S/C22H32O4.C22H30O4.C5H10O2.CH4.2HI.S4.Sm/c2*1-6-19(4)13-16(23)20(5)14(2)7-8-21(15(3)17(19)24)9-10-22(18(20)21)25-11-12-26-22;6-4-5-2-1-3-7-5;;;;1-3-4-2;/h6,14-15,18H,1,7-13H2,2-5H3;6,14,18H,1,3,7-13H2,2,4-5H3;5-6H,1-4H2;1H4;2*1H;;/q;;;;;;;+2/p-2/t14-,15+,18?,19+,20+,21-;14-,18?,19+,20+,21-;;;;;;/m11....../s1. The third-order valence-corrected chi connectivity index (χ3v) is 20.6. The van der Waals surface area contributed by atoms with Crippen LogP contribution in [0.25, 0.3) is 0 Å². The van der Waals surface area contributed by atoms with Gasteiger partial charge in [-0.2, -0.15) is 0 Å². The van der Waals surface area contributed by atoms with Crippen LogP contribution in [-0.4, -0.2) is 85.6 Å². The summed E-state index contributed by atoms with van der Waals surface area (Å²) in [6.45, 7) is 29.8. The van der Waals surface area contributed by atoms with Crippen LogP contribution in [0.15, 0.2) is 37.5 Å². The van der Waals surface area contributed by atoms with Crippen molar-refractivity contribution in [1.82, 2.24) is 0 Å². The second-order valence-corrected chi connectivity index (χ2v) is 44.0. The molecule has 0 aromatic heterocycles. The Balaban J connectivity index is 0.000000225. The summed E-state index contributed by atoms with van der Waals surface area (Å²) < 4.78 is 29.8. The third kappa shape index (κ3) is 10.8. The summed E-state index contributed by atoms with van der Waals surface area (Å²) in [5, 5.41) is 8.44. The molecule has 67 heavy (non-hydrogen) atoms. The number of allylic oxidation sites excluding steroid dienone is 3. The number of carbonyl (C=O) groups is 4. The van der Waals surface area contributed by atoms with E-state index in [-0.39, 0.29) is 117 Å². The number of Topliss-reactive ketones (excluding diaryl/α,β-unsaturated/α-hetero) is 4. The Kier molecular flexibility index (Phi) is 22.1. The van der Waals surface area contributed by atoms with Crippen molar-refractivity contribution < 1.29 is 73.4 Å². The van der Waals surface area contributed by atoms with Gasteiger partial charge in [-0.25, -0.2) is 0 Å². The second kappa shape index (κ2) is 24.3. The van der Waals surface area contributed by atoms with Crippen LogP contribution in [0.5, 0.6) is 0 Å². The van der Waals surface area contributed by atoms with Gasteiger partial charge in [-0.05, 0) is 88.0 Å². The fraction of sp³-hybridized carbons (Fsp3) is 0.800. The minimum absolute atomic E-state index is 0. The molecule has 9 aliphatic rings. The Labute approximate surface area is 449 Å². The topological polar surface area (TPSA) is 135 Å². The first kappa shape index (κ1) is 60.9. The van der Waals surface area contributed by atoms with E-state index in [2.05, 4.69) is 105 Å². The van der Waals surface area contributed by atoms with E-state index in [1.165, 1.54) is 17.8 Å². The molecular weight excluding hydrogens is 1290 g/mol. The number of aliphatic hydroxyl groups is 1. The van der Waals surface area contributed by atoms with Crippen LogP contribution in [-0.2, 0) is 83.0 Å². The molecule has 9 rings (SSSR count). The molecular formula is C50H76I2O10S4Sm. The maximum atomic E-state index is 13.7. The van der Waals surface area contributed by atoms with E-state index in [9.17, 15) is 19.2 Å². The predicted octanol–water partition coefficient (Wildman–Crippen LogP) is 10.3. The van der Waals surface area contributed by atoms with Crippen LogP contribution in [0, 0.1) is 87.5 Å². The van der Waals surface area contributed by atoms with Crippen LogP contribution in [0.2, 0.25) is 0 Å². The minimum atomic E-state index is -0.877. The first-order valence-corrected chi connectivity index (χ1v) is 42.5. The quantitative estimate of drug-likeness (QED) is 0.164. The van der Waals surface area contributed by atoms with Gasteiger partial charge in [0.25, 0.3) is 0 Å². The Bertz CT molecular complexity index is 1950. The van der Waals surface area contributed by atoms with E-state index in [4.69, 9.17) is 28.8 Å². The average Bonchev–Trinajstić information content (AvgIpc) is 4.19. The van der Waals surface area contributed by atoms with E-state index in [0.717, 1.165) is 70.8 Å². The summed E-state index contributed by atoms with van der Waals surface area (Å²) >= 11 is 13.7. The van der Waals surface area contributed by atoms with Gasteiger partial charge in [-0.1, -0.05) is 60.8 Å². The molecule has 1 N–H and O–H groups in total. The van der Waals surface area contributed by atoms with Crippen LogP contribution >= 0.6 is 28.6 Å². The van der Waals surface area contributed by atoms with Crippen molar-refractivity contribution in [3.8, 4) is 0 Å². The maximum absolute atomic E-state index is 13.7. The molecule has 3 heterocycles. The van der Waals surface area contributed by atoms with Gasteiger partial charge in [0, 0.05) is 106 Å². The molecule has 6 saturated carbocycles. The van der Waals surface area contributed by atoms with Crippen molar-refractivity contribution in [3.05, 3.63) is 37.5 Å². The summed E-state index contributed by atoms with van der Waals surface area (Å²) in [4.78, 5) is 54.3. The Morgan fingerprint density at radius 1 is 0.716 bits per heavy atom. The predicted molar refractivity (Wildman–Crippen MR) is 287 cm³/mol. The zero-order chi connectivity index (χ0) is 49.1. The molecule has 3 aliphatic heterocycles. The number of rotatable bonds is 3. The van der Waals surface area contributed by atoms with Gasteiger partial charge >= 0.3 is 54.0 Å². The Hall–Kier alpha value is 1.34. The number of hydrogen-bond acceptors (Lipinski definition) is 12. The SMILES string of the molecule is C.C=C[C@@]1(C)CC(=O)[C@@]2(C)C3C4(CC[C@]3(CC[C@H]2C)C(=C)C1=O)OCCO4.C=C[C@@]1(C)CC(=O)[C@@]2(C)C3C4(CC[C@]3(CC[C@H]2C)[C@@H](C)C1=O)OCCO4.OCC1CCCO1.S=S=S=S.[I][Sm][I]. The molecule has 10 nitrogen and oxygen atoms in total. The zero-order valence-corrected chi connectivity index (χ0v) is 50.1. The normalized spacial score (nSPS) is 41.9. The Morgan fingerprint density at radius 2 is 1.18 bits per heavy atom. The summed E-state index contributed by atoms with van der Waals surface area (Å²) in [6.07, 6.45) is 13.0. The molecule has 0 radical (unpaired) electrons. The van der Waals surface area contributed by atoms with Gasteiger partial charge in [0.2, 0.25) is 0 Å². The molecule has 6 aliphatic carbocycles.